The summed E-state index contributed by atoms with van der Waals surface area (Å²) in [4.78, 5) is 2.29. The van der Waals surface area contributed by atoms with Gasteiger partial charge in [-0.3, -0.25) is 4.90 Å². The summed E-state index contributed by atoms with van der Waals surface area (Å²) in [5, 5.41) is 10.00. The van der Waals surface area contributed by atoms with E-state index in [1.807, 2.05) is 30.3 Å². The molecule has 2 aromatic carbocycles. The summed E-state index contributed by atoms with van der Waals surface area (Å²) >= 11 is 0. The minimum atomic E-state index is 0.0456. The quantitative estimate of drug-likeness (QED) is 0.688. The van der Waals surface area contributed by atoms with Crippen LogP contribution in [-0.4, -0.2) is 44.0 Å². The molecule has 0 amide bonds. The first-order valence-electron chi connectivity index (χ1n) is 9.21. The van der Waals surface area contributed by atoms with Gasteiger partial charge in [0.05, 0.1) is 27.9 Å². The van der Waals surface area contributed by atoms with Gasteiger partial charge in [-0.15, -0.1) is 0 Å². The molecular formula is C22H31NO4. The van der Waals surface area contributed by atoms with Gasteiger partial charge < -0.3 is 19.3 Å². The van der Waals surface area contributed by atoms with E-state index in [0.717, 1.165) is 12.1 Å². The number of benzene rings is 2. The number of aliphatic hydroxyl groups excluding tert-OH is 1. The van der Waals surface area contributed by atoms with Crippen molar-refractivity contribution < 1.29 is 19.3 Å². The van der Waals surface area contributed by atoms with Gasteiger partial charge in [0, 0.05) is 19.1 Å². The number of nitrogens with zero attached hydrogens (tertiary/aromatic N) is 1. The maximum atomic E-state index is 10.00. The third kappa shape index (κ3) is 5.37. The average molecular weight is 373 g/mol. The van der Waals surface area contributed by atoms with Crippen LogP contribution in [0.4, 0.5) is 0 Å². The molecule has 2 aromatic rings. The maximum Gasteiger partial charge on any atom is 0.203 e. The molecule has 0 unspecified atom stereocenters. The van der Waals surface area contributed by atoms with E-state index < -0.39 is 0 Å². The number of rotatable bonds is 10. The second-order valence-corrected chi connectivity index (χ2v) is 6.92. The standard InChI is InChI=1S/C22H31NO4/c1-16(2)19(15-24)23(13-17-9-7-6-8-10-17)14-18-11-20(25-3)22(27-5)21(12-18)26-4/h6-12,16,19,24H,13-15H2,1-5H3/t19-/m0/s1. The molecular weight excluding hydrogens is 342 g/mol. The fourth-order valence-corrected chi connectivity index (χ4v) is 3.32. The first kappa shape index (κ1) is 21.1. The van der Waals surface area contributed by atoms with Gasteiger partial charge >= 0.3 is 0 Å². The number of hydrogen-bond acceptors (Lipinski definition) is 5. The summed E-state index contributed by atoms with van der Waals surface area (Å²) < 4.78 is 16.4. The highest BCUT2D eigenvalue weighted by Gasteiger charge is 2.23. The van der Waals surface area contributed by atoms with Gasteiger partial charge in [-0.05, 0) is 29.2 Å². The predicted molar refractivity (Wildman–Crippen MR) is 107 cm³/mol. The zero-order valence-corrected chi connectivity index (χ0v) is 16.9. The van der Waals surface area contributed by atoms with Crippen molar-refractivity contribution in [2.24, 2.45) is 5.92 Å². The Morgan fingerprint density at radius 1 is 0.852 bits per heavy atom. The molecule has 0 fully saturated rings. The van der Waals surface area contributed by atoms with Gasteiger partial charge in [0.1, 0.15) is 0 Å². The van der Waals surface area contributed by atoms with Gasteiger partial charge in [-0.2, -0.15) is 0 Å². The fourth-order valence-electron chi connectivity index (χ4n) is 3.32. The molecule has 1 N–H and O–H groups in total. The Morgan fingerprint density at radius 2 is 1.41 bits per heavy atom. The van der Waals surface area contributed by atoms with E-state index in [-0.39, 0.29) is 12.6 Å². The molecule has 0 saturated carbocycles. The van der Waals surface area contributed by atoms with Crippen LogP contribution in [-0.2, 0) is 13.1 Å². The molecule has 5 heteroatoms. The fraction of sp³-hybridized carbons (Fsp3) is 0.455. The first-order chi connectivity index (χ1) is 13.0. The first-order valence-corrected chi connectivity index (χ1v) is 9.21. The molecule has 0 aliphatic heterocycles. The highest BCUT2D eigenvalue weighted by atomic mass is 16.5. The van der Waals surface area contributed by atoms with Gasteiger partial charge in [0.25, 0.3) is 0 Å². The van der Waals surface area contributed by atoms with Crippen LogP contribution in [0.2, 0.25) is 0 Å². The number of methoxy groups -OCH3 is 3. The molecule has 0 radical (unpaired) electrons. The van der Waals surface area contributed by atoms with Crippen molar-refractivity contribution in [1.82, 2.24) is 4.90 Å². The molecule has 27 heavy (non-hydrogen) atoms. The van der Waals surface area contributed by atoms with Crippen molar-refractivity contribution in [3.63, 3.8) is 0 Å². The van der Waals surface area contributed by atoms with Crippen LogP contribution in [0.1, 0.15) is 25.0 Å². The lowest BCUT2D eigenvalue weighted by Gasteiger charge is -2.33. The van der Waals surface area contributed by atoms with Gasteiger partial charge in [-0.1, -0.05) is 44.2 Å². The molecule has 2 rings (SSSR count). The Labute approximate surface area is 162 Å². The van der Waals surface area contributed by atoms with Crippen molar-refractivity contribution >= 4 is 0 Å². The van der Waals surface area contributed by atoms with Gasteiger partial charge in [-0.25, -0.2) is 0 Å². The second kappa shape index (κ2) is 10.2. The van der Waals surface area contributed by atoms with Crippen LogP contribution in [0, 0.1) is 5.92 Å². The number of ether oxygens (including phenoxy) is 3. The normalized spacial score (nSPS) is 12.3. The van der Waals surface area contributed by atoms with E-state index in [0.29, 0.717) is 29.7 Å². The lowest BCUT2D eigenvalue weighted by molar-refractivity contribution is 0.0783. The lowest BCUT2D eigenvalue weighted by Crippen LogP contribution is -2.40. The monoisotopic (exact) mass is 373 g/mol. The highest BCUT2D eigenvalue weighted by molar-refractivity contribution is 5.53. The maximum absolute atomic E-state index is 10.00. The smallest absolute Gasteiger partial charge is 0.203 e. The molecule has 0 aliphatic rings. The van der Waals surface area contributed by atoms with E-state index in [2.05, 4.69) is 30.9 Å². The molecule has 1 atom stereocenters. The summed E-state index contributed by atoms with van der Waals surface area (Å²) in [5.41, 5.74) is 2.25. The van der Waals surface area contributed by atoms with Crippen LogP contribution in [0.3, 0.4) is 0 Å². The molecule has 0 heterocycles. The van der Waals surface area contributed by atoms with Crippen molar-refractivity contribution in [2.75, 3.05) is 27.9 Å². The summed E-state index contributed by atoms with van der Waals surface area (Å²) in [6.07, 6.45) is 0. The summed E-state index contributed by atoms with van der Waals surface area (Å²) in [6.45, 7) is 5.78. The second-order valence-electron chi connectivity index (χ2n) is 6.92. The minimum Gasteiger partial charge on any atom is -0.493 e. The molecule has 0 saturated heterocycles. The largest absolute Gasteiger partial charge is 0.493 e. The Kier molecular flexibility index (Phi) is 7.95. The van der Waals surface area contributed by atoms with Crippen LogP contribution in [0.25, 0.3) is 0 Å². The zero-order chi connectivity index (χ0) is 19.8. The SMILES string of the molecule is COc1cc(CN(Cc2ccccc2)[C@@H](CO)C(C)C)cc(OC)c1OC. The van der Waals surface area contributed by atoms with Crippen molar-refractivity contribution in [1.29, 1.82) is 0 Å². The van der Waals surface area contributed by atoms with E-state index in [1.54, 1.807) is 21.3 Å². The molecule has 148 valence electrons. The zero-order valence-electron chi connectivity index (χ0n) is 16.9. The Morgan fingerprint density at radius 3 is 1.85 bits per heavy atom. The third-order valence-electron chi connectivity index (χ3n) is 4.76. The summed E-state index contributed by atoms with van der Waals surface area (Å²) in [7, 11) is 4.84. The van der Waals surface area contributed by atoms with Crippen LogP contribution >= 0.6 is 0 Å². The summed E-state index contributed by atoms with van der Waals surface area (Å²) in [5.74, 6) is 2.18. The van der Waals surface area contributed by atoms with Gasteiger partial charge in [0.15, 0.2) is 11.5 Å². The van der Waals surface area contributed by atoms with Crippen molar-refractivity contribution in [3.8, 4) is 17.2 Å². The predicted octanol–water partition coefficient (Wildman–Crippen LogP) is 3.73. The van der Waals surface area contributed by atoms with E-state index >= 15 is 0 Å². The minimum absolute atomic E-state index is 0.0456. The van der Waals surface area contributed by atoms with Crippen molar-refractivity contribution in [3.05, 3.63) is 53.6 Å². The molecule has 5 nitrogen and oxygen atoms in total. The number of hydrogen-bond donors (Lipinski definition) is 1. The Bertz CT molecular complexity index is 678. The third-order valence-corrected chi connectivity index (χ3v) is 4.76. The van der Waals surface area contributed by atoms with Crippen LogP contribution < -0.4 is 14.2 Å². The average Bonchev–Trinajstić information content (AvgIpc) is 2.68. The van der Waals surface area contributed by atoms with Crippen LogP contribution in [0.15, 0.2) is 42.5 Å². The van der Waals surface area contributed by atoms with Gasteiger partial charge in [0.2, 0.25) is 5.75 Å². The van der Waals surface area contributed by atoms with Crippen LogP contribution in [0.5, 0.6) is 17.2 Å². The Hall–Kier alpha value is -2.24. The molecule has 0 aliphatic carbocycles. The topological polar surface area (TPSA) is 51.2 Å². The molecule has 0 spiro atoms. The van der Waals surface area contributed by atoms with E-state index in [4.69, 9.17) is 14.2 Å². The highest BCUT2D eigenvalue weighted by Crippen LogP contribution is 2.38. The van der Waals surface area contributed by atoms with E-state index in [9.17, 15) is 5.11 Å². The summed E-state index contributed by atoms with van der Waals surface area (Å²) in [6, 6.07) is 14.3. The Balaban J connectivity index is 2.36. The van der Waals surface area contributed by atoms with E-state index in [1.165, 1.54) is 5.56 Å². The number of aliphatic hydroxyl groups is 1. The molecule has 0 bridgehead atoms. The lowest BCUT2D eigenvalue weighted by atomic mass is 10.0. The molecule has 0 aromatic heterocycles. The van der Waals surface area contributed by atoms with Crippen molar-refractivity contribution in [2.45, 2.75) is 33.0 Å².